The summed E-state index contributed by atoms with van der Waals surface area (Å²) in [5.41, 5.74) is 5.09. The number of hydrogen-bond donors (Lipinski definition) is 1. The van der Waals surface area contributed by atoms with Crippen molar-refractivity contribution in [2.75, 3.05) is 0 Å². The molecule has 0 spiro atoms. The van der Waals surface area contributed by atoms with E-state index in [1.165, 1.54) is 11.3 Å². The Morgan fingerprint density at radius 3 is 2.52 bits per heavy atom. The number of hydrogen-bond acceptors (Lipinski definition) is 4. The van der Waals surface area contributed by atoms with E-state index in [1.54, 1.807) is 4.52 Å². The minimum atomic E-state index is 0.678. The molecule has 0 saturated heterocycles. The number of rotatable bonds is 3. The van der Waals surface area contributed by atoms with Gasteiger partial charge in [-0.15, -0.1) is 10.2 Å². The first-order valence-electron chi connectivity index (χ1n) is 9.52. The van der Waals surface area contributed by atoms with Gasteiger partial charge in [0.25, 0.3) is 0 Å². The van der Waals surface area contributed by atoms with Gasteiger partial charge in [-0.2, -0.15) is 9.61 Å². The maximum absolute atomic E-state index is 6.04. The molecule has 8 heteroatoms. The molecule has 5 nitrogen and oxygen atoms in total. The van der Waals surface area contributed by atoms with Crippen molar-refractivity contribution in [2.24, 2.45) is 0 Å². The van der Waals surface area contributed by atoms with E-state index < -0.39 is 0 Å². The van der Waals surface area contributed by atoms with E-state index in [4.69, 9.17) is 16.7 Å². The number of aromatic amines is 1. The van der Waals surface area contributed by atoms with E-state index in [0.29, 0.717) is 10.8 Å². The summed E-state index contributed by atoms with van der Waals surface area (Å²) in [5, 5.41) is 16.4. The molecule has 6 rings (SSSR count). The van der Waals surface area contributed by atoms with Crippen LogP contribution in [0.1, 0.15) is 0 Å². The minimum Gasteiger partial charge on any atom is -0.351 e. The standard InChI is InChI=1S/C23H13BrClN5S/c24-15-8-11-18-17(12-15)19(13-4-2-1-3-5-13)20(26-18)21-27-28-23-30(21)29-22(31-23)14-6-9-16(25)10-7-14/h1-12,26H. The molecule has 0 aliphatic rings. The van der Waals surface area contributed by atoms with E-state index >= 15 is 0 Å². The molecule has 0 aliphatic carbocycles. The predicted molar refractivity (Wildman–Crippen MR) is 130 cm³/mol. The lowest BCUT2D eigenvalue weighted by molar-refractivity contribution is 0.965. The molecular formula is C23H13BrClN5S. The van der Waals surface area contributed by atoms with E-state index in [2.05, 4.69) is 55.4 Å². The lowest BCUT2D eigenvalue weighted by Crippen LogP contribution is -1.93. The number of halogens is 2. The van der Waals surface area contributed by atoms with Crippen LogP contribution in [0.15, 0.2) is 77.3 Å². The van der Waals surface area contributed by atoms with Crippen molar-refractivity contribution in [1.29, 1.82) is 0 Å². The number of nitrogens with one attached hydrogen (secondary N) is 1. The second-order valence-electron chi connectivity index (χ2n) is 7.06. The normalized spacial score (nSPS) is 11.5. The van der Waals surface area contributed by atoms with Crippen molar-refractivity contribution >= 4 is 54.7 Å². The molecule has 1 N–H and O–H groups in total. The largest absolute Gasteiger partial charge is 0.351 e. The maximum atomic E-state index is 6.04. The van der Waals surface area contributed by atoms with E-state index in [9.17, 15) is 0 Å². The van der Waals surface area contributed by atoms with Crippen LogP contribution in [0.5, 0.6) is 0 Å². The summed E-state index contributed by atoms with van der Waals surface area (Å²) in [6, 6.07) is 24.2. The Bertz CT molecular complexity index is 1550. The Morgan fingerprint density at radius 1 is 0.903 bits per heavy atom. The summed E-state index contributed by atoms with van der Waals surface area (Å²) in [4.78, 5) is 4.28. The fraction of sp³-hybridized carbons (Fsp3) is 0. The number of nitrogens with zero attached hydrogens (tertiary/aromatic N) is 4. The van der Waals surface area contributed by atoms with Crippen LogP contribution in [-0.4, -0.2) is 24.8 Å². The number of H-pyrrole nitrogens is 1. The average Bonchev–Trinajstić information content (AvgIpc) is 3.47. The van der Waals surface area contributed by atoms with Crippen LogP contribution in [0.25, 0.3) is 49.1 Å². The molecule has 3 heterocycles. The highest BCUT2D eigenvalue weighted by Gasteiger charge is 2.22. The molecule has 6 aromatic rings. The van der Waals surface area contributed by atoms with Crippen molar-refractivity contribution in [1.82, 2.24) is 24.8 Å². The number of aromatic nitrogens is 5. The SMILES string of the molecule is Clc1ccc(-c2nn3c(-c4[nH]c5ccc(Br)cc5c4-c4ccccc4)nnc3s2)cc1. The molecular weight excluding hydrogens is 494 g/mol. The van der Waals surface area contributed by atoms with Gasteiger partial charge in [0.05, 0.1) is 5.69 Å². The highest BCUT2D eigenvalue weighted by molar-refractivity contribution is 9.10. The van der Waals surface area contributed by atoms with Crippen molar-refractivity contribution < 1.29 is 0 Å². The Labute approximate surface area is 194 Å². The third-order valence-electron chi connectivity index (χ3n) is 5.13. The lowest BCUT2D eigenvalue weighted by atomic mass is 10.0. The van der Waals surface area contributed by atoms with E-state index in [-0.39, 0.29) is 0 Å². The van der Waals surface area contributed by atoms with Gasteiger partial charge in [0, 0.05) is 31.5 Å². The van der Waals surface area contributed by atoms with Crippen LogP contribution in [-0.2, 0) is 0 Å². The Kier molecular flexibility index (Phi) is 4.41. The third kappa shape index (κ3) is 3.17. The molecule has 0 aliphatic heterocycles. The van der Waals surface area contributed by atoms with Crippen molar-refractivity contribution in [3.8, 4) is 33.2 Å². The summed E-state index contributed by atoms with van der Waals surface area (Å²) in [5.74, 6) is 0.678. The monoisotopic (exact) mass is 505 g/mol. The summed E-state index contributed by atoms with van der Waals surface area (Å²) < 4.78 is 2.83. The highest BCUT2D eigenvalue weighted by atomic mass is 79.9. The molecule has 3 aromatic heterocycles. The smallest absolute Gasteiger partial charge is 0.235 e. The maximum Gasteiger partial charge on any atom is 0.235 e. The van der Waals surface area contributed by atoms with Gasteiger partial charge in [0.1, 0.15) is 5.01 Å². The van der Waals surface area contributed by atoms with Gasteiger partial charge in [-0.3, -0.25) is 0 Å². The van der Waals surface area contributed by atoms with Crippen LogP contribution in [0.4, 0.5) is 0 Å². The Morgan fingerprint density at radius 2 is 1.71 bits per heavy atom. The Balaban J connectivity index is 1.59. The lowest BCUT2D eigenvalue weighted by Gasteiger charge is -2.03. The molecule has 0 atom stereocenters. The second kappa shape index (κ2) is 7.30. The first kappa shape index (κ1) is 18.7. The molecule has 0 fully saturated rings. The van der Waals surface area contributed by atoms with Crippen LogP contribution < -0.4 is 0 Å². The van der Waals surface area contributed by atoms with Gasteiger partial charge in [-0.25, -0.2) is 0 Å². The van der Waals surface area contributed by atoms with Gasteiger partial charge < -0.3 is 4.98 Å². The topological polar surface area (TPSA) is 58.9 Å². The molecule has 150 valence electrons. The molecule has 3 aromatic carbocycles. The molecule has 0 amide bonds. The van der Waals surface area contributed by atoms with Crippen LogP contribution in [0, 0.1) is 0 Å². The van der Waals surface area contributed by atoms with Gasteiger partial charge in [0.2, 0.25) is 10.8 Å². The fourth-order valence-corrected chi connectivity index (χ4v) is 5.05. The molecule has 31 heavy (non-hydrogen) atoms. The molecule has 0 unspecified atom stereocenters. The number of benzene rings is 3. The van der Waals surface area contributed by atoms with Gasteiger partial charge in [-0.05, 0) is 35.9 Å². The van der Waals surface area contributed by atoms with E-state index in [0.717, 1.165) is 47.7 Å². The zero-order valence-corrected chi connectivity index (χ0v) is 19.0. The highest BCUT2D eigenvalue weighted by Crippen LogP contribution is 2.39. The van der Waals surface area contributed by atoms with Gasteiger partial charge in [0.15, 0.2) is 0 Å². The first-order valence-corrected chi connectivity index (χ1v) is 11.5. The minimum absolute atomic E-state index is 0.678. The zero-order valence-electron chi connectivity index (χ0n) is 15.9. The third-order valence-corrected chi connectivity index (χ3v) is 6.82. The van der Waals surface area contributed by atoms with Gasteiger partial charge in [-0.1, -0.05) is 81.3 Å². The summed E-state index contributed by atoms with van der Waals surface area (Å²) in [7, 11) is 0. The Hall–Kier alpha value is -3.00. The molecule has 0 radical (unpaired) electrons. The van der Waals surface area contributed by atoms with Crippen molar-refractivity contribution in [3.63, 3.8) is 0 Å². The predicted octanol–water partition coefficient (Wildman–Crippen LogP) is 7.08. The van der Waals surface area contributed by atoms with Crippen LogP contribution >= 0.6 is 38.9 Å². The van der Waals surface area contributed by atoms with Crippen molar-refractivity contribution in [2.45, 2.75) is 0 Å². The molecule has 0 bridgehead atoms. The summed E-state index contributed by atoms with van der Waals surface area (Å²) in [6.45, 7) is 0. The fourth-order valence-electron chi connectivity index (χ4n) is 3.72. The van der Waals surface area contributed by atoms with Crippen molar-refractivity contribution in [3.05, 3.63) is 82.3 Å². The van der Waals surface area contributed by atoms with Crippen LogP contribution in [0.2, 0.25) is 5.02 Å². The first-order chi connectivity index (χ1) is 15.2. The number of fused-ring (bicyclic) bond motifs is 2. The quantitative estimate of drug-likeness (QED) is 0.279. The average molecular weight is 507 g/mol. The summed E-state index contributed by atoms with van der Waals surface area (Å²) >= 11 is 11.1. The summed E-state index contributed by atoms with van der Waals surface area (Å²) in [6.07, 6.45) is 0. The molecule has 0 saturated carbocycles. The van der Waals surface area contributed by atoms with Gasteiger partial charge >= 0.3 is 0 Å². The zero-order chi connectivity index (χ0) is 20.9. The van der Waals surface area contributed by atoms with E-state index in [1.807, 2.05) is 48.5 Å². The second-order valence-corrected chi connectivity index (χ2v) is 9.37. The van der Waals surface area contributed by atoms with Crippen LogP contribution in [0.3, 0.4) is 0 Å².